The highest BCUT2D eigenvalue weighted by atomic mass is 32.1. The van der Waals surface area contributed by atoms with Gasteiger partial charge in [-0.2, -0.15) is 0 Å². The van der Waals surface area contributed by atoms with E-state index in [2.05, 4.69) is 58.3 Å². The summed E-state index contributed by atoms with van der Waals surface area (Å²) in [5.74, 6) is -0.440. The standard InChI is InChI=1S/C13H13N.C9H17NO3.C8H12N2S/c1-10-5-3-6-11(2)13(10)12-7-4-8-14-9-12;1-7(2)3-4-8(11)10-6-5-9(12)13;1-10(2)6-7-3-4-8(11)9-5-7/h3-9H,1-2H3;7H,3-6H2,1-2H3,(H,10,11)(H,12,13);3-5H,6H2,1-2H3,(H,9,11). The number of aliphatic carboxylic acids is 1. The molecule has 0 fully saturated rings. The van der Waals surface area contributed by atoms with E-state index in [1.165, 1.54) is 27.8 Å². The minimum absolute atomic E-state index is 0.00653. The van der Waals surface area contributed by atoms with E-state index in [4.69, 9.17) is 17.3 Å². The predicted molar refractivity (Wildman–Crippen MR) is 157 cm³/mol. The molecule has 206 valence electrons. The van der Waals surface area contributed by atoms with Crippen LogP contribution >= 0.6 is 12.2 Å². The van der Waals surface area contributed by atoms with Crippen LogP contribution in [0.5, 0.6) is 0 Å². The van der Waals surface area contributed by atoms with Crippen molar-refractivity contribution in [2.75, 3.05) is 20.6 Å². The van der Waals surface area contributed by atoms with Gasteiger partial charge in [0, 0.05) is 43.7 Å². The van der Waals surface area contributed by atoms with E-state index in [-0.39, 0.29) is 18.9 Å². The number of rotatable bonds is 9. The summed E-state index contributed by atoms with van der Waals surface area (Å²) in [5.41, 5.74) is 6.36. The average molecular weight is 539 g/mol. The van der Waals surface area contributed by atoms with Crippen molar-refractivity contribution in [2.45, 2.75) is 53.5 Å². The lowest BCUT2D eigenvalue weighted by molar-refractivity contribution is -0.136. The van der Waals surface area contributed by atoms with Crippen LogP contribution in [0.1, 0.15) is 49.8 Å². The van der Waals surface area contributed by atoms with Gasteiger partial charge < -0.3 is 20.3 Å². The fourth-order valence-electron chi connectivity index (χ4n) is 3.50. The molecule has 7 nitrogen and oxygen atoms in total. The molecule has 1 aromatic carbocycles. The van der Waals surface area contributed by atoms with Gasteiger partial charge in [0.1, 0.15) is 4.64 Å². The molecule has 1 amide bonds. The zero-order valence-corrected chi connectivity index (χ0v) is 24.3. The van der Waals surface area contributed by atoms with Crippen LogP contribution in [0.2, 0.25) is 0 Å². The first kappa shape index (κ1) is 32.7. The van der Waals surface area contributed by atoms with Gasteiger partial charge in [-0.1, -0.05) is 56.4 Å². The number of aryl methyl sites for hydroxylation is 2. The molecule has 0 aliphatic heterocycles. The van der Waals surface area contributed by atoms with Crippen LogP contribution in [0.3, 0.4) is 0 Å². The van der Waals surface area contributed by atoms with Crippen molar-refractivity contribution in [2.24, 2.45) is 5.92 Å². The molecule has 0 saturated heterocycles. The van der Waals surface area contributed by atoms with Gasteiger partial charge in [0.25, 0.3) is 0 Å². The van der Waals surface area contributed by atoms with E-state index >= 15 is 0 Å². The second-order valence-corrected chi connectivity index (χ2v) is 10.2. The molecule has 3 aromatic rings. The fourth-order valence-corrected chi connectivity index (χ4v) is 3.63. The molecule has 0 bridgehead atoms. The number of carboxylic acids is 1. The summed E-state index contributed by atoms with van der Waals surface area (Å²) in [6, 6.07) is 14.4. The molecule has 38 heavy (non-hydrogen) atoms. The van der Waals surface area contributed by atoms with Gasteiger partial charge in [-0.25, -0.2) is 0 Å². The Bertz CT molecular complexity index is 1140. The number of pyridine rings is 2. The number of nitrogens with one attached hydrogen (secondary N) is 2. The Balaban J connectivity index is 0.000000287. The lowest BCUT2D eigenvalue weighted by Gasteiger charge is -2.08. The van der Waals surface area contributed by atoms with Gasteiger partial charge >= 0.3 is 5.97 Å². The molecular formula is C30H42N4O3S. The van der Waals surface area contributed by atoms with Crippen molar-refractivity contribution in [3.05, 3.63) is 82.4 Å². The minimum Gasteiger partial charge on any atom is -0.481 e. The first-order valence-electron chi connectivity index (χ1n) is 12.8. The number of H-pyrrole nitrogens is 1. The molecule has 0 aliphatic rings. The number of aromatic nitrogens is 2. The van der Waals surface area contributed by atoms with Crippen molar-refractivity contribution in [1.82, 2.24) is 20.2 Å². The predicted octanol–water partition coefficient (Wildman–Crippen LogP) is 6.18. The maximum Gasteiger partial charge on any atom is 0.305 e. The van der Waals surface area contributed by atoms with Gasteiger partial charge in [0.15, 0.2) is 0 Å². The number of hydrogen-bond donors (Lipinski definition) is 3. The SMILES string of the molecule is CC(C)CCC(=O)NCCC(=O)O.CN(C)Cc1ccc(=S)[nH]c1.Cc1cccc(C)c1-c1cccnc1. The van der Waals surface area contributed by atoms with E-state index in [1.54, 1.807) is 6.20 Å². The molecule has 0 unspecified atom stereocenters. The molecule has 0 saturated carbocycles. The number of carboxylic acid groups (broad SMARTS) is 1. The van der Waals surface area contributed by atoms with Gasteiger partial charge in [0.2, 0.25) is 5.91 Å². The molecule has 0 aliphatic carbocycles. The van der Waals surface area contributed by atoms with Crippen LogP contribution in [0, 0.1) is 24.4 Å². The van der Waals surface area contributed by atoms with E-state index in [0.717, 1.165) is 17.6 Å². The van der Waals surface area contributed by atoms with Gasteiger partial charge in [0.05, 0.1) is 6.42 Å². The Morgan fingerprint density at radius 3 is 2.24 bits per heavy atom. The second-order valence-electron chi connectivity index (χ2n) is 9.73. The quantitative estimate of drug-likeness (QED) is 0.281. The summed E-state index contributed by atoms with van der Waals surface area (Å²) >= 11 is 4.92. The number of aromatic amines is 1. The third-order valence-corrected chi connectivity index (χ3v) is 5.64. The van der Waals surface area contributed by atoms with E-state index < -0.39 is 5.97 Å². The monoisotopic (exact) mass is 538 g/mol. The maximum absolute atomic E-state index is 11.0. The Kier molecular flexibility index (Phi) is 15.5. The number of carbonyl (C=O) groups excluding carboxylic acids is 1. The Hall–Kier alpha value is -3.36. The zero-order chi connectivity index (χ0) is 28.5. The van der Waals surface area contributed by atoms with Crippen LogP contribution in [0.15, 0.2) is 61.1 Å². The molecule has 2 heterocycles. The van der Waals surface area contributed by atoms with Crippen LogP contribution in [-0.4, -0.2) is 52.5 Å². The summed E-state index contributed by atoms with van der Waals surface area (Å²) in [6.07, 6.45) is 6.98. The summed E-state index contributed by atoms with van der Waals surface area (Å²) in [5, 5.41) is 10.8. The zero-order valence-electron chi connectivity index (χ0n) is 23.5. The number of nitrogens with zero attached hydrogens (tertiary/aromatic N) is 2. The topological polar surface area (TPSA) is 98.3 Å². The van der Waals surface area contributed by atoms with E-state index in [0.29, 0.717) is 12.3 Å². The fraction of sp³-hybridized carbons (Fsp3) is 0.400. The van der Waals surface area contributed by atoms with Crippen LogP contribution < -0.4 is 5.32 Å². The summed E-state index contributed by atoms with van der Waals surface area (Å²) < 4.78 is 0.785. The van der Waals surface area contributed by atoms with Crippen molar-refractivity contribution in [3.8, 4) is 11.1 Å². The molecular weight excluding hydrogens is 496 g/mol. The summed E-state index contributed by atoms with van der Waals surface area (Å²) in [6.45, 7) is 9.54. The maximum atomic E-state index is 11.0. The van der Waals surface area contributed by atoms with Crippen LogP contribution in [-0.2, 0) is 16.1 Å². The van der Waals surface area contributed by atoms with Gasteiger partial charge in [-0.05, 0) is 74.7 Å². The van der Waals surface area contributed by atoms with Crippen LogP contribution in [0.4, 0.5) is 0 Å². The minimum atomic E-state index is -0.885. The third kappa shape index (κ3) is 14.4. The molecule has 2 aromatic heterocycles. The van der Waals surface area contributed by atoms with Crippen molar-refractivity contribution in [1.29, 1.82) is 0 Å². The third-order valence-electron chi connectivity index (χ3n) is 5.39. The molecule has 3 rings (SSSR count). The van der Waals surface area contributed by atoms with E-state index in [1.807, 2.05) is 58.5 Å². The lowest BCUT2D eigenvalue weighted by Crippen LogP contribution is -2.25. The highest BCUT2D eigenvalue weighted by Crippen LogP contribution is 2.25. The molecule has 0 radical (unpaired) electrons. The summed E-state index contributed by atoms with van der Waals surface area (Å²) in [4.78, 5) is 30.4. The van der Waals surface area contributed by atoms with Gasteiger partial charge in [-0.3, -0.25) is 14.6 Å². The molecule has 3 N–H and O–H groups in total. The Labute approximate surface area is 232 Å². The Morgan fingerprint density at radius 2 is 1.74 bits per heavy atom. The summed E-state index contributed by atoms with van der Waals surface area (Å²) in [7, 11) is 4.09. The van der Waals surface area contributed by atoms with Crippen molar-refractivity contribution < 1.29 is 14.7 Å². The molecule has 8 heteroatoms. The van der Waals surface area contributed by atoms with Crippen molar-refractivity contribution in [3.63, 3.8) is 0 Å². The second kappa shape index (κ2) is 18.0. The Morgan fingerprint density at radius 1 is 1.05 bits per heavy atom. The highest BCUT2D eigenvalue weighted by Gasteiger charge is 2.04. The number of amides is 1. The normalized spacial score (nSPS) is 10.2. The highest BCUT2D eigenvalue weighted by molar-refractivity contribution is 7.71. The van der Waals surface area contributed by atoms with E-state index in [9.17, 15) is 9.59 Å². The molecule has 0 atom stereocenters. The average Bonchev–Trinajstić information content (AvgIpc) is 2.85. The lowest BCUT2D eigenvalue weighted by atomic mass is 9.97. The number of benzene rings is 1. The first-order chi connectivity index (χ1) is 18.0. The van der Waals surface area contributed by atoms with Crippen LogP contribution in [0.25, 0.3) is 11.1 Å². The molecule has 0 spiro atoms. The van der Waals surface area contributed by atoms with Crippen molar-refractivity contribution >= 4 is 24.1 Å². The number of hydrogen-bond acceptors (Lipinski definition) is 5. The largest absolute Gasteiger partial charge is 0.481 e. The van der Waals surface area contributed by atoms with Gasteiger partial charge in [-0.15, -0.1) is 0 Å². The first-order valence-corrected chi connectivity index (χ1v) is 13.2. The smallest absolute Gasteiger partial charge is 0.305 e. The number of carbonyl (C=O) groups is 2.